The lowest BCUT2D eigenvalue weighted by Crippen LogP contribution is -2.74. The fourth-order valence-electron chi connectivity index (χ4n) is 9.70. The van der Waals surface area contributed by atoms with Crippen molar-refractivity contribution >= 4 is 21.7 Å². The highest BCUT2D eigenvalue weighted by Crippen LogP contribution is 2.69. The lowest BCUT2D eigenvalue weighted by Gasteiger charge is -2.63. The summed E-state index contributed by atoms with van der Waals surface area (Å²) in [4.78, 5) is 2.65. The van der Waals surface area contributed by atoms with Crippen molar-refractivity contribution in [3.63, 3.8) is 0 Å². The molecule has 0 radical (unpaired) electrons. The minimum atomic E-state index is -0.931. The molecule has 5 heteroatoms. The number of nitrogens with zero attached hydrogens (tertiary/aromatic N) is 2. The van der Waals surface area contributed by atoms with Crippen molar-refractivity contribution < 1.29 is 14.6 Å². The van der Waals surface area contributed by atoms with Crippen LogP contribution >= 0.6 is 0 Å². The largest absolute Gasteiger partial charge is 0.493 e. The van der Waals surface area contributed by atoms with Gasteiger partial charge < -0.3 is 19.1 Å². The molecule has 5 aliphatic rings. The summed E-state index contributed by atoms with van der Waals surface area (Å²) in [6.45, 7) is 2.85. The molecule has 1 N–H and O–H groups in total. The number of aromatic nitrogens is 1. The van der Waals surface area contributed by atoms with E-state index in [4.69, 9.17) is 9.47 Å². The molecule has 2 unspecified atom stereocenters. The molecule has 4 aromatic carbocycles. The van der Waals surface area contributed by atoms with Gasteiger partial charge in [0.2, 0.25) is 0 Å². The van der Waals surface area contributed by atoms with Crippen LogP contribution in [0.4, 0.5) is 0 Å². The molecule has 5 nitrogen and oxygen atoms in total. The molecule has 1 aromatic heterocycles. The minimum absolute atomic E-state index is 0.0703. The van der Waals surface area contributed by atoms with Gasteiger partial charge in [-0.05, 0) is 66.3 Å². The molecule has 10 rings (SSSR count). The topological polar surface area (TPSA) is 46.9 Å². The van der Waals surface area contributed by atoms with Crippen LogP contribution in [0, 0.1) is 5.92 Å². The number of benzene rings is 4. The van der Waals surface area contributed by atoms with Gasteiger partial charge in [0.15, 0.2) is 17.6 Å². The zero-order valence-corrected chi connectivity index (χ0v) is 24.6. The molecule has 1 saturated heterocycles. The molecule has 2 aliphatic heterocycles. The van der Waals surface area contributed by atoms with Gasteiger partial charge in [0, 0.05) is 41.9 Å². The molecule has 2 bridgehead atoms. The van der Waals surface area contributed by atoms with Gasteiger partial charge in [-0.1, -0.05) is 72.8 Å². The summed E-state index contributed by atoms with van der Waals surface area (Å²) in [6, 6.07) is 28.5. The Morgan fingerprint density at radius 2 is 1.79 bits per heavy atom. The molecule has 216 valence electrons. The van der Waals surface area contributed by atoms with Crippen molar-refractivity contribution in [2.75, 3.05) is 20.2 Å². The first-order chi connectivity index (χ1) is 21.1. The van der Waals surface area contributed by atoms with Crippen LogP contribution in [0.15, 0.2) is 78.9 Å². The summed E-state index contributed by atoms with van der Waals surface area (Å²) in [6.07, 6.45) is 4.74. The zero-order valence-electron chi connectivity index (χ0n) is 24.6. The monoisotopic (exact) mass is 568 g/mol. The van der Waals surface area contributed by atoms with Gasteiger partial charge in [-0.3, -0.25) is 4.90 Å². The fraction of sp³-hybridized carbons (Fsp3) is 0.368. The molecule has 3 heterocycles. The number of hydrogen-bond acceptors (Lipinski definition) is 4. The number of rotatable bonds is 5. The third kappa shape index (κ3) is 3.05. The lowest BCUT2D eigenvalue weighted by atomic mass is 9.49. The van der Waals surface area contributed by atoms with Crippen LogP contribution in [0.1, 0.15) is 53.3 Å². The second kappa shape index (κ2) is 8.43. The van der Waals surface area contributed by atoms with Gasteiger partial charge in [0.25, 0.3) is 0 Å². The second-order valence-corrected chi connectivity index (χ2v) is 13.7. The van der Waals surface area contributed by atoms with Crippen molar-refractivity contribution in [1.82, 2.24) is 9.47 Å². The van der Waals surface area contributed by atoms with Gasteiger partial charge in [0.05, 0.1) is 29.3 Å². The Morgan fingerprint density at radius 3 is 2.63 bits per heavy atom. The van der Waals surface area contributed by atoms with Crippen LogP contribution in [0.25, 0.3) is 21.7 Å². The fourth-order valence-corrected chi connectivity index (χ4v) is 9.70. The van der Waals surface area contributed by atoms with Crippen LogP contribution in [-0.2, 0) is 24.8 Å². The molecule has 2 fully saturated rings. The van der Waals surface area contributed by atoms with E-state index in [1.54, 1.807) is 7.11 Å². The van der Waals surface area contributed by atoms with Crippen LogP contribution in [-0.4, -0.2) is 46.4 Å². The highest BCUT2D eigenvalue weighted by atomic mass is 16.5. The first-order valence-electron chi connectivity index (χ1n) is 16.0. The summed E-state index contributed by atoms with van der Waals surface area (Å²) < 4.78 is 15.7. The third-order valence-electron chi connectivity index (χ3n) is 11.7. The smallest absolute Gasteiger partial charge is 0.166 e. The van der Waals surface area contributed by atoms with Crippen molar-refractivity contribution in [2.45, 2.75) is 61.8 Å². The Hall–Kier alpha value is -3.80. The summed E-state index contributed by atoms with van der Waals surface area (Å²) in [5, 5.41) is 17.2. The maximum Gasteiger partial charge on any atom is 0.166 e. The minimum Gasteiger partial charge on any atom is -0.493 e. The first-order valence-corrected chi connectivity index (χ1v) is 16.0. The van der Waals surface area contributed by atoms with Crippen molar-refractivity contribution in [3.8, 4) is 11.5 Å². The van der Waals surface area contributed by atoms with E-state index in [0.717, 1.165) is 49.9 Å². The highest BCUT2D eigenvalue weighted by molar-refractivity contribution is 6.08. The number of methoxy groups -OCH3 is 1. The van der Waals surface area contributed by atoms with E-state index in [1.807, 2.05) is 0 Å². The molecule has 3 aliphatic carbocycles. The van der Waals surface area contributed by atoms with Crippen molar-refractivity contribution in [2.24, 2.45) is 5.92 Å². The average Bonchev–Trinajstić information content (AvgIpc) is 3.71. The van der Waals surface area contributed by atoms with Crippen molar-refractivity contribution in [3.05, 3.63) is 107 Å². The standard InChI is InChI=1S/C38H36N2O3/c1-42-30-16-14-26-19-31-38(41)20-29-28-15-13-25-9-5-6-10-27(25)33(28)40(22-23-7-3-2-4-8-23)34(29)36-37(38,32(26)35(30)43-36)17-18-39(31)21-24-11-12-24/h2-10,13-16,24,31,36,41H,11-12,17-22H2,1H3/t31-,36?,37+,38?/m1/s1. The maximum atomic E-state index is 13.4. The van der Waals surface area contributed by atoms with Gasteiger partial charge in [0.1, 0.15) is 0 Å². The zero-order chi connectivity index (χ0) is 28.5. The number of aliphatic hydroxyl groups is 1. The molecular formula is C38H36N2O3. The van der Waals surface area contributed by atoms with E-state index in [9.17, 15) is 5.11 Å². The average molecular weight is 569 g/mol. The van der Waals surface area contributed by atoms with Crippen LogP contribution in [0.5, 0.6) is 11.5 Å². The van der Waals surface area contributed by atoms with E-state index in [2.05, 4.69) is 88.3 Å². The van der Waals surface area contributed by atoms with E-state index in [0.29, 0.717) is 6.42 Å². The van der Waals surface area contributed by atoms with Gasteiger partial charge in [-0.15, -0.1) is 0 Å². The number of ether oxygens (including phenoxy) is 2. The van der Waals surface area contributed by atoms with E-state index >= 15 is 0 Å². The summed E-state index contributed by atoms with van der Waals surface area (Å²) in [7, 11) is 1.74. The predicted molar refractivity (Wildman–Crippen MR) is 168 cm³/mol. The molecule has 43 heavy (non-hydrogen) atoms. The van der Waals surface area contributed by atoms with Crippen LogP contribution in [0.3, 0.4) is 0 Å². The Kier molecular flexibility index (Phi) is 4.83. The summed E-state index contributed by atoms with van der Waals surface area (Å²) >= 11 is 0. The quantitative estimate of drug-likeness (QED) is 0.261. The summed E-state index contributed by atoms with van der Waals surface area (Å²) in [5.41, 5.74) is 6.11. The predicted octanol–water partition coefficient (Wildman–Crippen LogP) is 6.55. The number of hydrogen-bond donors (Lipinski definition) is 1. The van der Waals surface area contributed by atoms with Crippen LogP contribution in [0.2, 0.25) is 0 Å². The maximum absolute atomic E-state index is 13.4. The highest BCUT2D eigenvalue weighted by Gasteiger charge is 2.73. The van der Waals surface area contributed by atoms with Gasteiger partial charge in [-0.25, -0.2) is 0 Å². The molecular weight excluding hydrogens is 532 g/mol. The third-order valence-corrected chi connectivity index (χ3v) is 11.7. The number of likely N-dealkylation sites (tertiary alicyclic amines) is 1. The molecule has 4 atom stereocenters. The van der Waals surface area contributed by atoms with Gasteiger partial charge in [-0.2, -0.15) is 0 Å². The number of piperidine rings is 1. The SMILES string of the molecule is COc1ccc2c3c1OC1c4c(c5ccc6ccccc6c5n4Cc4ccccc4)CC4(O)[C@@H](C2)N(CC2CC2)CC[C@]314. The van der Waals surface area contributed by atoms with E-state index in [1.165, 1.54) is 62.5 Å². The number of fused-ring (bicyclic) bond motifs is 6. The summed E-state index contributed by atoms with van der Waals surface area (Å²) in [5.74, 6) is 2.41. The molecule has 1 spiro atoms. The Labute approximate surface area is 251 Å². The molecule has 1 saturated carbocycles. The van der Waals surface area contributed by atoms with Crippen LogP contribution < -0.4 is 9.47 Å². The molecule has 0 amide bonds. The van der Waals surface area contributed by atoms with Crippen molar-refractivity contribution in [1.29, 1.82) is 0 Å². The van der Waals surface area contributed by atoms with E-state index < -0.39 is 11.0 Å². The lowest BCUT2D eigenvalue weighted by molar-refractivity contribution is -0.173. The Balaban J connectivity index is 1.29. The molecule has 5 aromatic rings. The Morgan fingerprint density at radius 1 is 0.953 bits per heavy atom. The normalized spacial score (nSPS) is 28.5. The van der Waals surface area contributed by atoms with E-state index in [-0.39, 0.29) is 12.1 Å². The van der Waals surface area contributed by atoms with Gasteiger partial charge >= 0.3 is 0 Å². The second-order valence-electron chi connectivity index (χ2n) is 13.7. The first kappa shape index (κ1) is 24.6. The Bertz CT molecular complexity index is 1960.